The Morgan fingerprint density at radius 1 is 1.25 bits per heavy atom. The Hall–Kier alpha value is -2.60. The zero-order chi connectivity index (χ0) is 16.9. The molecule has 24 heavy (non-hydrogen) atoms. The van der Waals surface area contributed by atoms with Gasteiger partial charge in [0.05, 0.1) is 6.54 Å². The molecule has 0 saturated carbocycles. The summed E-state index contributed by atoms with van der Waals surface area (Å²) in [6.45, 7) is 2.48. The topological polar surface area (TPSA) is 47.4 Å². The van der Waals surface area contributed by atoms with Gasteiger partial charge in [0.1, 0.15) is 5.75 Å². The van der Waals surface area contributed by atoms with Gasteiger partial charge in [-0.05, 0) is 30.5 Å². The number of hydrogen-bond acceptors (Lipinski definition) is 4. The number of nitrogens with zero attached hydrogens (tertiary/aromatic N) is 3. The standard InChI is InChI=1S/C18H19N3O2S/c1-14-5-7-15(8-6-14)23-13-18(22)21(12-16-4-3-11-24-16)17-9-10-20(2)19-17/h3-11H,12-13H2,1-2H3. The fourth-order valence-electron chi connectivity index (χ4n) is 2.26. The molecule has 0 N–H and O–H groups in total. The lowest BCUT2D eigenvalue weighted by Crippen LogP contribution is -2.34. The quantitative estimate of drug-likeness (QED) is 0.690. The molecule has 1 amide bonds. The number of carbonyl (C=O) groups excluding carboxylic acids is 1. The number of benzene rings is 1. The van der Waals surface area contributed by atoms with Gasteiger partial charge in [0.15, 0.2) is 12.4 Å². The lowest BCUT2D eigenvalue weighted by atomic mass is 10.2. The molecule has 2 heterocycles. The van der Waals surface area contributed by atoms with Gasteiger partial charge in [0, 0.05) is 24.2 Å². The first kappa shape index (κ1) is 16.3. The molecule has 0 aliphatic rings. The van der Waals surface area contributed by atoms with Crippen LogP contribution in [0.15, 0.2) is 54.0 Å². The van der Waals surface area contributed by atoms with Gasteiger partial charge in [-0.3, -0.25) is 14.4 Å². The Labute approximate surface area is 145 Å². The second-order valence-electron chi connectivity index (χ2n) is 5.51. The second kappa shape index (κ2) is 7.31. The molecule has 0 fully saturated rings. The van der Waals surface area contributed by atoms with Crippen LogP contribution in [0.5, 0.6) is 5.75 Å². The lowest BCUT2D eigenvalue weighted by molar-refractivity contribution is -0.120. The summed E-state index contributed by atoms with van der Waals surface area (Å²) >= 11 is 1.62. The highest BCUT2D eigenvalue weighted by molar-refractivity contribution is 7.09. The summed E-state index contributed by atoms with van der Waals surface area (Å²) in [7, 11) is 1.83. The van der Waals surface area contributed by atoms with Crippen LogP contribution < -0.4 is 9.64 Å². The van der Waals surface area contributed by atoms with Crippen LogP contribution in [0.25, 0.3) is 0 Å². The molecule has 3 rings (SSSR count). The van der Waals surface area contributed by atoms with Crippen LogP contribution in [0.4, 0.5) is 5.82 Å². The Morgan fingerprint density at radius 2 is 2.04 bits per heavy atom. The summed E-state index contributed by atoms with van der Waals surface area (Å²) < 4.78 is 7.31. The molecule has 0 aliphatic carbocycles. The van der Waals surface area contributed by atoms with E-state index in [1.807, 2.05) is 68.0 Å². The molecule has 0 atom stereocenters. The molecule has 1 aromatic carbocycles. The van der Waals surface area contributed by atoms with E-state index in [4.69, 9.17) is 4.74 Å². The summed E-state index contributed by atoms with van der Waals surface area (Å²) in [6.07, 6.45) is 1.82. The largest absolute Gasteiger partial charge is 0.484 e. The van der Waals surface area contributed by atoms with E-state index >= 15 is 0 Å². The van der Waals surface area contributed by atoms with Crippen LogP contribution in [0, 0.1) is 6.92 Å². The first-order valence-corrected chi connectivity index (χ1v) is 8.51. The fraction of sp³-hybridized carbons (Fsp3) is 0.222. The minimum Gasteiger partial charge on any atom is -0.484 e. The minimum atomic E-state index is -0.123. The zero-order valence-electron chi connectivity index (χ0n) is 13.7. The van der Waals surface area contributed by atoms with Crippen molar-refractivity contribution in [1.29, 1.82) is 0 Å². The van der Waals surface area contributed by atoms with Gasteiger partial charge in [-0.15, -0.1) is 11.3 Å². The van der Waals surface area contributed by atoms with Gasteiger partial charge >= 0.3 is 0 Å². The first-order valence-electron chi connectivity index (χ1n) is 7.64. The van der Waals surface area contributed by atoms with E-state index in [1.54, 1.807) is 20.9 Å². The predicted octanol–water partition coefficient (Wildman–Crippen LogP) is 3.40. The summed E-state index contributed by atoms with van der Waals surface area (Å²) in [5, 5.41) is 6.35. The molecular formula is C18H19N3O2S. The van der Waals surface area contributed by atoms with E-state index in [2.05, 4.69) is 5.10 Å². The zero-order valence-corrected chi connectivity index (χ0v) is 14.5. The third kappa shape index (κ3) is 4.02. The van der Waals surface area contributed by atoms with E-state index in [0.717, 1.165) is 10.4 Å². The second-order valence-corrected chi connectivity index (χ2v) is 6.54. The van der Waals surface area contributed by atoms with Crippen LogP contribution in [0.1, 0.15) is 10.4 Å². The highest BCUT2D eigenvalue weighted by Crippen LogP contribution is 2.19. The number of thiophene rings is 1. The Kier molecular flexibility index (Phi) is 4.96. The number of amides is 1. The van der Waals surface area contributed by atoms with Crippen LogP contribution >= 0.6 is 11.3 Å². The van der Waals surface area contributed by atoms with Crippen molar-refractivity contribution < 1.29 is 9.53 Å². The predicted molar refractivity (Wildman–Crippen MR) is 95.4 cm³/mol. The first-order chi connectivity index (χ1) is 11.6. The molecule has 0 bridgehead atoms. The van der Waals surface area contributed by atoms with E-state index in [1.165, 1.54) is 0 Å². The Morgan fingerprint density at radius 3 is 2.67 bits per heavy atom. The van der Waals surface area contributed by atoms with Crippen molar-refractivity contribution in [1.82, 2.24) is 9.78 Å². The van der Waals surface area contributed by atoms with Crippen molar-refractivity contribution in [2.75, 3.05) is 11.5 Å². The van der Waals surface area contributed by atoms with Crippen molar-refractivity contribution in [2.45, 2.75) is 13.5 Å². The molecule has 124 valence electrons. The number of ether oxygens (including phenoxy) is 1. The molecule has 3 aromatic rings. The number of aryl methyl sites for hydroxylation is 2. The lowest BCUT2D eigenvalue weighted by Gasteiger charge is -2.20. The monoisotopic (exact) mass is 341 g/mol. The molecule has 0 spiro atoms. The van der Waals surface area contributed by atoms with Gasteiger partial charge in [-0.1, -0.05) is 23.8 Å². The number of anilines is 1. The van der Waals surface area contributed by atoms with Gasteiger partial charge in [0.25, 0.3) is 5.91 Å². The average Bonchev–Trinajstić information content (AvgIpc) is 3.23. The van der Waals surface area contributed by atoms with Gasteiger partial charge in [-0.2, -0.15) is 5.10 Å². The van der Waals surface area contributed by atoms with E-state index in [9.17, 15) is 4.79 Å². The summed E-state index contributed by atoms with van der Waals surface area (Å²) in [4.78, 5) is 15.4. The highest BCUT2D eigenvalue weighted by atomic mass is 32.1. The molecule has 0 aliphatic heterocycles. The molecular weight excluding hydrogens is 322 g/mol. The molecule has 6 heteroatoms. The molecule has 0 unspecified atom stereocenters. The maximum Gasteiger partial charge on any atom is 0.266 e. The van der Waals surface area contributed by atoms with E-state index in [-0.39, 0.29) is 12.5 Å². The maximum absolute atomic E-state index is 12.7. The van der Waals surface area contributed by atoms with Crippen LogP contribution in [0.3, 0.4) is 0 Å². The van der Waals surface area contributed by atoms with Crippen LogP contribution in [0.2, 0.25) is 0 Å². The Bertz CT molecular complexity index is 794. The van der Waals surface area contributed by atoms with Gasteiger partial charge in [-0.25, -0.2) is 0 Å². The average molecular weight is 341 g/mol. The third-order valence-corrected chi connectivity index (χ3v) is 4.42. The highest BCUT2D eigenvalue weighted by Gasteiger charge is 2.19. The van der Waals surface area contributed by atoms with Crippen LogP contribution in [-0.2, 0) is 18.4 Å². The fourth-order valence-corrected chi connectivity index (χ4v) is 2.95. The van der Waals surface area contributed by atoms with Crippen molar-refractivity contribution >= 4 is 23.1 Å². The molecule has 5 nitrogen and oxygen atoms in total. The van der Waals surface area contributed by atoms with Gasteiger partial charge in [0.2, 0.25) is 0 Å². The summed E-state index contributed by atoms with van der Waals surface area (Å²) in [5.41, 5.74) is 1.15. The number of aromatic nitrogens is 2. The summed E-state index contributed by atoms with van der Waals surface area (Å²) in [5.74, 6) is 1.19. The van der Waals surface area contributed by atoms with Crippen molar-refractivity contribution in [3.8, 4) is 5.75 Å². The van der Waals surface area contributed by atoms with Gasteiger partial charge < -0.3 is 4.74 Å². The SMILES string of the molecule is Cc1ccc(OCC(=O)N(Cc2cccs2)c2ccn(C)n2)cc1. The smallest absolute Gasteiger partial charge is 0.266 e. The third-order valence-electron chi connectivity index (χ3n) is 3.55. The summed E-state index contributed by atoms with van der Waals surface area (Å²) in [6, 6.07) is 13.5. The van der Waals surface area contributed by atoms with Crippen molar-refractivity contribution in [3.05, 3.63) is 64.5 Å². The minimum absolute atomic E-state index is 0.0228. The molecule has 2 aromatic heterocycles. The Balaban J connectivity index is 1.71. The normalized spacial score (nSPS) is 10.6. The molecule has 0 radical (unpaired) electrons. The molecule has 0 saturated heterocycles. The number of hydrogen-bond donors (Lipinski definition) is 0. The van der Waals surface area contributed by atoms with Crippen LogP contribution in [-0.4, -0.2) is 22.3 Å². The van der Waals surface area contributed by atoms with E-state index < -0.39 is 0 Å². The van der Waals surface area contributed by atoms with Crippen molar-refractivity contribution in [2.24, 2.45) is 7.05 Å². The van der Waals surface area contributed by atoms with E-state index in [0.29, 0.717) is 18.1 Å². The maximum atomic E-state index is 12.7. The van der Waals surface area contributed by atoms with Crippen molar-refractivity contribution in [3.63, 3.8) is 0 Å². The number of rotatable bonds is 6. The number of carbonyl (C=O) groups is 1.